The fourth-order valence-corrected chi connectivity index (χ4v) is 3.08. The number of benzene rings is 2. The van der Waals surface area contributed by atoms with Crippen molar-refractivity contribution in [2.45, 2.75) is 27.7 Å². The topological polar surface area (TPSA) is 42.2 Å². The zero-order valence-corrected chi connectivity index (χ0v) is 15.5. The van der Waals surface area contributed by atoms with Crippen LogP contribution in [0.4, 0.5) is 11.5 Å². The number of hydrogen-bond donors (Lipinski definition) is 1. The maximum atomic E-state index is 4.73. The molecule has 2 aromatic carbocycles. The zero-order chi connectivity index (χ0) is 18.3. The highest BCUT2D eigenvalue weighted by molar-refractivity contribution is 5.78. The molecule has 4 heteroatoms. The van der Waals surface area contributed by atoms with E-state index in [2.05, 4.69) is 73.7 Å². The Hall–Kier alpha value is -3.14. The monoisotopic (exact) mass is 342 g/mol. The Bertz CT molecular complexity index is 1090. The second-order valence-electron chi connectivity index (χ2n) is 6.87. The molecule has 0 radical (unpaired) electrons. The van der Waals surface area contributed by atoms with E-state index in [9.17, 15) is 0 Å². The summed E-state index contributed by atoms with van der Waals surface area (Å²) in [6.45, 7) is 8.35. The van der Waals surface area contributed by atoms with E-state index in [4.69, 9.17) is 4.98 Å². The van der Waals surface area contributed by atoms with Crippen LogP contribution >= 0.6 is 0 Å². The van der Waals surface area contributed by atoms with Crippen molar-refractivity contribution < 1.29 is 0 Å². The molecular formula is C22H22N4. The molecule has 0 unspecified atom stereocenters. The van der Waals surface area contributed by atoms with Crippen LogP contribution in [0.15, 0.2) is 54.7 Å². The molecule has 0 saturated carbocycles. The van der Waals surface area contributed by atoms with Crippen LogP contribution in [0.1, 0.15) is 22.4 Å². The van der Waals surface area contributed by atoms with Crippen LogP contribution in [-0.2, 0) is 0 Å². The predicted octanol–water partition coefficient (Wildman–Crippen LogP) is 5.37. The van der Waals surface area contributed by atoms with Gasteiger partial charge in [-0.3, -0.25) is 0 Å². The third kappa shape index (κ3) is 2.94. The van der Waals surface area contributed by atoms with E-state index in [1.807, 2.05) is 23.7 Å². The van der Waals surface area contributed by atoms with Gasteiger partial charge in [-0.05, 0) is 56.5 Å². The summed E-state index contributed by atoms with van der Waals surface area (Å²) in [5.74, 6) is 0.911. The summed E-state index contributed by atoms with van der Waals surface area (Å²) in [7, 11) is 0. The molecule has 0 bridgehead atoms. The van der Waals surface area contributed by atoms with Crippen molar-refractivity contribution in [2.24, 2.45) is 0 Å². The van der Waals surface area contributed by atoms with E-state index < -0.39 is 0 Å². The molecule has 4 nitrogen and oxygen atoms in total. The molecule has 0 aliphatic rings. The first-order chi connectivity index (χ1) is 12.5. The fourth-order valence-electron chi connectivity index (χ4n) is 3.08. The first-order valence-electron chi connectivity index (χ1n) is 8.78. The number of fused-ring (bicyclic) bond motifs is 1. The van der Waals surface area contributed by atoms with Crippen molar-refractivity contribution >= 4 is 17.2 Å². The fraction of sp³-hybridized carbons (Fsp3) is 0.182. The highest BCUT2D eigenvalue weighted by Gasteiger charge is 2.12. The Balaban J connectivity index is 1.81. The van der Waals surface area contributed by atoms with Gasteiger partial charge in [-0.15, -0.1) is 0 Å². The number of hydrogen-bond acceptors (Lipinski definition) is 3. The van der Waals surface area contributed by atoms with Crippen molar-refractivity contribution in [3.05, 3.63) is 77.1 Å². The molecular weight excluding hydrogens is 320 g/mol. The van der Waals surface area contributed by atoms with E-state index in [0.717, 1.165) is 34.0 Å². The van der Waals surface area contributed by atoms with Gasteiger partial charge in [-0.1, -0.05) is 35.9 Å². The molecule has 4 aromatic rings. The van der Waals surface area contributed by atoms with Gasteiger partial charge in [0.15, 0.2) is 5.65 Å². The van der Waals surface area contributed by atoms with Crippen molar-refractivity contribution in [2.75, 3.05) is 5.32 Å². The van der Waals surface area contributed by atoms with Crippen LogP contribution in [0.5, 0.6) is 0 Å². The first-order valence-corrected chi connectivity index (χ1v) is 8.78. The lowest BCUT2D eigenvalue weighted by atomic mass is 10.1. The quantitative estimate of drug-likeness (QED) is 0.544. The number of nitrogens with one attached hydrogen (secondary N) is 1. The normalized spacial score (nSPS) is 11.1. The van der Waals surface area contributed by atoms with E-state index in [1.165, 1.54) is 16.7 Å². The van der Waals surface area contributed by atoms with E-state index >= 15 is 0 Å². The minimum Gasteiger partial charge on any atom is -0.340 e. The molecule has 4 rings (SSSR count). The summed E-state index contributed by atoms with van der Waals surface area (Å²) in [5.41, 5.74) is 8.82. The first kappa shape index (κ1) is 16.3. The molecule has 2 heterocycles. The van der Waals surface area contributed by atoms with E-state index in [1.54, 1.807) is 0 Å². The molecule has 26 heavy (non-hydrogen) atoms. The molecule has 2 aromatic heterocycles. The van der Waals surface area contributed by atoms with Gasteiger partial charge in [0.05, 0.1) is 6.20 Å². The average molecular weight is 342 g/mol. The Kier molecular flexibility index (Phi) is 3.96. The third-order valence-electron chi connectivity index (χ3n) is 4.74. The number of rotatable bonds is 3. The maximum Gasteiger partial charge on any atom is 0.165 e. The molecule has 0 amide bonds. The Morgan fingerprint density at radius 3 is 2.35 bits per heavy atom. The largest absolute Gasteiger partial charge is 0.340 e. The van der Waals surface area contributed by atoms with Crippen LogP contribution in [-0.4, -0.2) is 14.6 Å². The molecule has 0 aliphatic heterocycles. The van der Waals surface area contributed by atoms with Gasteiger partial charge in [0.1, 0.15) is 5.82 Å². The minimum absolute atomic E-state index is 0.861. The maximum absolute atomic E-state index is 4.73. The van der Waals surface area contributed by atoms with Gasteiger partial charge >= 0.3 is 0 Å². The zero-order valence-electron chi connectivity index (χ0n) is 15.5. The lowest BCUT2D eigenvalue weighted by Gasteiger charge is -2.11. The second kappa shape index (κ2) is 6.30. The molecule has 1 N–H and O–H groups in total. The summed E-state index contributed by atoms with van der Waals surface area (Å²) in [6, 6.07) is 16.9. The number of anilines is 2. The van der Waals surface area contributed by atoms with Crippen LogP contribution in [0.2, 0.25) is 0 Å². The SMILES string of the molecule is Cc1ccc(-c2cnn3c(Nc4ccc(C)c(C)c4)cc(C)nc23)cc1. The Morgan fingerprint density at radius 1 is 0.846 bits per heavy atom. The van der Waals surface area contributed by atoms with Gasteiger partial charge in [0.25, 0.3) is 0 Å². The van der Waals surface area contributed by atoms with Crippen molar-refractivity contribution in [1.29, 1.82) is 0 Å². The van der Waals surface area contributed by atoms with Crippen LogP contribution in [0.25, 0.3) is 16.8 Å². The van der Waals surface area contributed by atoms with Crippen LogP contribution in [0.3, 0.4) is 0 Å². The van der Waals surface area contributed by atoms with Crippen LogP contribution < -0.4 is 5.32 Å². The lowest BCUT2D eigenvalue weighted by molar-refractivity contribution is 0.938. The van der Waals surface area contributed by atoms with Crippen molar-refractivity contribution in [3.63, 3.8) is 0 Å². The number of aryl methyl sites for hydroxylation is 4. The minimum atomic E-state index is 0.861. The van der Waals surface area contributed by atoms with Crippen LogP contribution in [0, 0.1) is 27.7 Å². The summed E-state index contributed by atoms with van der Waals surface area (Å²) in [4.78, 5) is 4.73. The van der Waals surface area contributed by atoms with Gasteiger partial charge < -0.3 is 5.32 Å². The molecule has 0 atom stereocenters. The summed E-state index contributed by atoms with van der Waals surface area (Å²) in [6.07, 6.45) is 1.89. The average Bonchev–Trinajstić information content (AvgIpc) is 3.03. The summed E-state index contributed by atoms with van der Waals surface area (Å²) >= 11 is 0. The lowest BCUT2D eigenvalue weighted by Crippen LogP contribution is -2.03. The van der Waals surface area contributed by atoms with Gasteiger partial charge in [-0.25, -0.2) is 4.98 Å². The molecule has 0 spiro atoms. The third-order valence-corrected chi connectivity index (χ3v) is 4.74. The highest BCUT2D eigenvalue weighted by atomic mass is 15.3. The van der Waals surface area contributed by atoms with E-state index in [-0.39, 0.29) is 0 Å². The Labute approximate surface area is 153 Å². The van der Waals surface area contributed by atoms with Gasteiger partial charge in [0, 0.05) is 23.0 Å². The molecule has 0 fully saturated rings. The number of aromatic nitrogens is 3. The Morgan fingerprint density at radius 2 is 1.62 bits per heavy atom. The molecule has 0 aliphatic carbocycles. The number of nitrogens with zero attached hydrogens (tertiary/aromatic N) is 3. The second-order valence-corrected chi connectivity index (χ2v) is 6.87. The van der Waals surface area contributed by atoms with Crippen molar-refractivity contribution in [1.82, 2.24) is 14.6 Å². The van der Waals surface area contributed by atoms with Gasteiger partial charge in [-0.2, -0.15) is 9.61 Å². The predicted molar refractivity (Wildman–Crippen MR) is 107 cm³/mol. The van der Waals surface area contributed by atoms with Gasteiger partial charge in [0.2, 0.25) is 0 Å². The standard InChI is InChI=1S/C22H22N4/c1-14-5-8-18(9-6-14)20-13-23-26-21(12-17(4)24-22(20)26)25-19-10-7-15(2)16(3)11-19/h5-13,25H,1-4H3. The smallest absolute Gasteiger partial charge is 0.165 e. The highest BCUT2D eigenvalue weighted by Crippen LogP contribution is 2.27. The van der Waals surface area contributed by atoms with E-state index in [0.29, 0.717) is 0 Å². The van der Waals surface area contributed by atoms with Crippen molar-refractivity contribution in [3.8, 4) is 11.1 Å². The molecule has 0 saturated heterocycles. The summed E-state index contributed by atoms with van der Waals surface area (Å²) in [5, 5.41) is 8.08. The summed E-state index contributed by atoms with van der Waals surface area (Å²) < 4.78 is 1.87. The molecule has 130 valence electrons.